The molecule has 0 aliphatic carbocycles. The first-order chi connectivity index (χ1) is 8.11. The van der Waals surface area contributed by atoms with Crippen molar-refractivity contribution in [2.75, 3.05) is 13.9 Å². The van der Waals surface area contributed by atoms with Crippen LogP contribution in [0.15, 0.2) is 16.6 Å². The third kappa shape index (κ3) is 2.53. The molecule has 0 aromatic heterocycles. The minimum Gasteiger partial charge on any atom is -0.468 e. The Morgan fingerprint density at radius 2 is 2.35 bits per heavy atom. The second-order valence-electron chi connectivity index (χ2n) is 3.65. The number of halogens is 1. The van der Waals surface area contributed by atoms with Gasteiger partial charge in [0.2, 0.25) is 6.79 Å². The first kappa shape index (κ1) is 12.2. The summed E-state index contributed by atoms with van der Waals surface area (Å²) < 4.78 is 15.9. The highest BCUT2D eigenvalue weighted by atomic mass is 79.9. The molecule has 2 N–H and O–H groups in total. The van der Waals surface area contributed by atoms with Gasteiger partial charge in [0.15, 0.2) is 11.5 Å². The maximum atomic E-state index is 11.2. The van der Waals surface area contributed by atoms with E-state index in [0.29, 0.717) is 17.9 Å². The van der Waals surface area contributed by atoms with E-state index >= 15 is 0 Å². The molecule has 17 heavy (non-hydrogen) atoms. The summed E-state index contributed by atoms with van der Waals surface area (Å²) in [7, 11) is 1.32. The molecule has 1 unspecified atom stereocenters. The normalized spacial score (nSPS) is 14.5. The molecule has 1 aromatic carbocycles. The van der Waals surface area contributed by atoms with Crippen molar-refractivity contribution in [3.05, 3.63) is 22.2 Å². The molecule has 1 aliphatic heterocycles. The highest BCUT2D eigenvalue weighted by molar-refractivity contribution is 9.10. The van der Waals surface area contributed by atoms with Crippen molar-refractivity contribution in [3.63, 3.8) is 0 Å². The molecule has 1 aliphatic rings. The molecule has 6 heteroatoms. The fraction of sp³-hybridized carbons (Fsp3) is 0.364. The molecular formula is C11H12BrNO4. The van der Waals surface area contributed by atoms with Crippen LogP contribution in [0, 0.1) is 0 Å². The van der Waals surface area contributed by atoms with Gasteiger partial charge in [-0.25, -0.2) is 0 Å². The predicted octanol–water partition coefficient (Wildman–Crippen LogP) is 1.22. The number of hydrogen-bond donors (Lipinski definition) is 1. The van der Waals surface area contributed by atoms with Crippen LogP contribution in [0.25, 0.3) is 0 Å². The fourth-order valence-corrected chi connectivity index (χ4v) is 2.23. The molecule has 0 bridgehead atoms. The number of hydrogen-bond acceptors (Lipinski definition) is 5. The third-order valence-corrected chi connectivity index (χ3v) is 3.04. The highest BCUT2D eigenvalue weighted by Crippen LogP contribution is 2.40. The average Bonchev–Trinajstić information content (AvgIpc) is 2.76. The van der Waals surface area contributed by atoms with Crippen molar-refractivity contribution >= 4 is 21.9 Å². The second kappa shape index (κ2) is 4.93. The van der Waals surface area contributed by atoms with Crippen molar-refractivity contribution in [2.24, 2.45) is 5.73 Å². The van der Waals surface area contributed by atoms with Gasteiger partial charge in [0.1, 0.15) is 6.04 Å². The molecule has 1 atom stereocenters. The van der Waals surface area contributed by atoms with Gasteiger partial charge in [-0.1, -0.05) is 0 Å². The summed E-state index contributed by atoms with van der Waals surface area (Å²) in [6.07, 6.45) is 0.391. The summed E-state index contributed by atoms with van der Waals surface area (Å²) in [5, 5.41) is 0. The summed E-state index contributed by atoms with van der Waals surface area (Å²) in [6, 6.07) is 3.00. The number of carbonyl (C=O) groups is 1. The molecule has 5 nitrogen and oxygen atoms in total. The number of carbonyl (C=O) groups excluding carboxylic acids is 1. The zero-order valence-corrected chi connectivity index (χ0v) is 10.8. The number of fused-ring (bicyclic) bond motifs is 1. The molecule has 92 valence electrons. The number of nitrogens with two attached hydrogens (primary N) is 1. The lowest BCUT2D eigenvalue weighted by Crippen LogP contribution is -2.33. The third-order valence-electron chi connectivity index (χ3n) is 2.45. The van der Waals surface area contributed by atoms with Crippen molar-refractivity contribution in [3.8, 4) is 11.5 Å². The lowest BCUT2D eigenvalue weighted by Gasteiger charge is -2.10. The van der Waals surface area contributed by atoms with Crippen LogP contribution in [0.3, 0.4) is 0 Å². The zero-order valence-electron chi connectivity index (χ0n) is 9.23. The van der Waals surface area contributed by atoms with Gasteiger partial charge >= 0.3 is 5.97 Å². The molecule has 0 radical (unpaired) electrons. The molecule has 0 saturated carbocycles. The Hall–Kier alpha value is -1.27. The molecule has 1 heterocycles. The van der Waals surface area contributed by atoms with Crippen molar-refractivity contribution in [1.29, 1.82) is 0 Å². The summed E-state index contributed by atoms with van der Waals surface area (Å²) in [5.41, 5.74) is 6.58. The van der Waals surface area contributed by atoms with Crippen molar-refractivity contribution in [1.82, 2.24) is 0 Å². The second-order valence-corrected chi connectivity index (χ2v) is 4.50. The SMILES string of the molecule is COC(=O)C(N)Cc1cc(Br)c2c(c1)OCO2. The Kier molecular flexibility index (Phi) is 3.54. The van der Waals surface area contributed by atoms with Gasteiger partial charge in [-0.3, -0.25) is 4.79 Å². The smallest absolute Gasteiger partial charge is 0.322 e. The highest BCUT2D eigenvalue weighted by Gasteiger charge is 2.20. The summed E-state index contributed by atoms with van der Waals surface area (Å²) in [4.78, 5) is 11.2. The van der Waals surface area contributed by atoms with Crippen LogP contribution in [0.1, 0.15) is 5.56 Å². The monoisotopic (exact) mass is 301 g/mol. The van der Waals surface area contributed by atoms with Gasteiger partial charge in [-0.15, -0.1) is 0 Å². The van der Waals surface area contributed by atoms with E-state index in [1.165, 1.54) is 7.11 Å². The summed E-state index contributed by atoms with van der Waals surface area (Å²) in [6.45, 7) is 0.209. The van der Waals surface area contributed by atoms with Crippen LogP contribution in [0.5, 0.6) is 11.5 Å². The summed E-state index contributed by atoms with van der Waals surface area (Å²) in [5.74, 6) is 0.908. The average molecular weight is 302 g/mol. The van der Waals surface area contributed by atoms with E-state index in [1.807, 2.05) is 12.1 Å². The molecular weight excluding hydrogens is 290 g/mol. The van der Waals surface area contributed by atoms with Crippen molar-refractivity contribution < 1.29 is 19.0 Å². The fourth-order valence-electron chi connectivity index (χ4n) is 1.63. The Morgan fingerprint density at radius 3 is 3.06 bits per heavy atom. The minimum atomic E-state index is -0.674. The van der Waals surface area contributed by atoms with E-state index in [9.17, 15) is 4.79 Å². The Labute approximate surface area is 107 Å². The standard InChI is InChI=1S/C11H12BrNO4/c1-15-11(14)8(13)3-6-2-7(12)10-9(4-6)16-5-17-10/h2,4,8H,3,5,13H2,1H3. The lowest BCUT2D eigenvalue weighted by molar-refractivity contribution is -0.142. The summed E-state index contributed by atoms with van der Waals surface area (Å²) >= 11 is 3.38. The van der Waals surface area contributed by atoms with Gasteiger partial charge < -0.3 is 19.9 Å². The van der Waals surface area contributed by atoms with Crippen molar-refractivity contribution in [2.45, 2.75) is 12.5 Å². The number of benzene rings is 1. The van der Waals surface area contributed by atoms with E-state index in [-0.39, 0.29) is 6.79 Å². The van der Waals surface area contributed by atoms with Gasteiger partial charge in [0.25, 0.3) is 0 Å². The quantitative estimate of drug-likeness (QED) is 0.850. The van der Waals surface area contributed by atoms with Crippen LogP contribution in [0.4, 0.5) is 0 Å². The van der Waals surface area contributed by atoms with E-state index in [1.54, 1.807) is 0 Å². The first-order valence-electron chi connectivity index (χ1n) is 5.03. The maximum Gasteiger partial charge on any atom is 0.322 e. The number of rotatable bonds is 3. The molecule has 1 aromatic rings. The van der Waals surface area contributed by atoms with E-state index in [4.69, 9.17) is 15.2 Å². The maximum absolute atomic E-state index is 11.2. The minimum absolute atomic E-state index is 0.209. The van der Waals surface area contributed by atoms with Crippen LogP contribution in [0.2, 0.25) is 0 Å². The molecule has 0 fully saturated rings. The van der Waals surface area contributed by atoms with Crippen LogP contribution in [-0.4, -0.2) is 25.9 Å². The largest absolute Gasteiger partial charge is 0.468 e. The van der Waals surface area contributed by atoms with Crippen LogP contribution < -0.4 is 15.2 Å². The molecule has 0 saturated heterocycles. The Balaban J connectivity index is 2.17. The van der Waals surface area contributed by atoms with E-state index in [2.05, 4.69) is 20.7 Å². The van der Waals surface area contributed by atoms with E-state index in [0.717, 1.165) is 10.0 Å². The van der Waals surface area contributed by atoms with Gasteiger partial charge in [0, 0.05) is 0 Å². The first-order valence-corrected chi connectivity index (χ1v) is 5.82. The Bertz CT molecular complexity index is 449. The predicted molar refractivity (Wildman–Crippen MR) is 64.0 cm³/mol. The van der Waals surface area contributed by atoms with E-state index < -0.39 is 12.0 Å². The molecule has 0 amide bonds. The van der Waals surface area contributed by atoms with Gasteiger partial charge in [-0.05, 0) is 40.0 Å². The Morgan fingerprint density at radius 1 is 1.59 bits per heavy atom. The number of ether oxygens (including phenoxy) is 3. The molecule has 2 rings (SSSR count). The zero-order chi connectivity index (χ0) is 12.4. The number of esters is 1. The molecule has 0 spiro atoms. The lowest BCUT2D eigenvalue weighted by atomic mass is 10.1. The van der Waals surface area contributed by atoms with Crippen LogP contribution in [-0.2, 0) is 16.0 Å². The van der Waals surface area contributed by atoms with Gasteiger partial charge in [-0.2, -0.15) is 0 Å². The van der Waals surface area contributed by atoms with Crippen LogP contribution >= 0.6 is 15.9 Å². The van der Waals surface area contributed by atoms with Gasteiger partial charge in [0.05, 0.1) is 11.6 Å². The number of methoxy groups -OCH3 is 1. The topological polar surface area (TPSA) is 70.8 Å².